The van der Waals surface area contributed by atoms with E-state index in [1.807, 2.05) is 0 Å². The summed E-state index contributed by atoms with van der Waals surface area (Å²) >= 11 is 0. The first-order valence-electron chi connectivity index (χ1n) is 5.51. The quantitative estimate of drug-likeness (QED) is 0.210. The number of benzene rings is 2. The number of para-hydroxylation sites is 1. The molecule has 0 aliphatic carbocycles. The van der Waals surface area contributed by atoms with Crippen molar-refractivity contribution in [3.8, 4) is 17.2 Å². The van der Waals surface area contributed by atoms with Gasteiger partial charge in [0.15, 0.2) is 17.2 Å². The van der Waals surface area contributed by atoms with Crippen LogP contribution in [-0.2, 0) is 10.4 Å². The number of phenolic OH excluding ortho intramolecular Hbond substituents is 3. The molecule has 0 saturated heterocycles. The van der Waals surface area contributed by atoms with Crippen molar-refractivity contribution in [3.05, 3.63) is 42.5 Å². The Bertz CT molecular complexity index is 638. The van der Waals surface area contributed by atoms with E-state index in [4.69, 9.17) is 44.3 Å². The Kier molecular flexibility index (Phi) is 7.52. The fourth-order valence-corrected chi connectivity index (χ4v) is 1.02. The number of rotatable bonds is 0. The van der Waals surface area contributed by atoms with Crippen LogP contribution in [0.4, 0.5) is 11.4 Å². The average Bonchev–Trinajstić information content (AvgIpc) is 2.38. The van der Waals surface area contributed by atoms with Crippen LogP contribution in [0.25, 0.3) is 0 Å². The molecule has 0 heterocycles. The molecule has 0 aromatic heterocycles. The molecule has 9 N–H and O–H groups in total. The van der Waals surface area contributed by atoms with E-state index in [-0.39, 0.29) is 11.5 Å². The standard InChI is InChI=1S/C6H8N2.C6H6O3.H2O4S/c7-5-1-2-6(8)4-3-5;7-4-2-1-3-5(8)6(4)9;1-5(2,3)4/h1-4H,7-8H2;1-3,7-9H;(H2,1,2,3,4). The molecule has 2 rings (SSSR count). The summed E-state index contributed by atoms with van der Waals surface area (Å²) in [7, 11) is -4.67. The number of anilines is 2. The van der Waals surface area contributed by atoms with Gasteiger partial charge in [-0.15, -0.1) is 0 Å². The van der Waals surface area contributed by atoms with Gasteiger partial charge in [0.25, 0.3) is 0 Å². The summed E-state index contributed by atoms with van der Waals surface area (Å²) in [6.45, 7) is 0. The van der Waals surface area contributed by atoms with Crippen LogP contribution in [0.3, 0.4) is 0 Å². The maximum absolute atomic E-state index is 8.74. The lowest BCUT2D eigenvalue weighted by molar-refractivity contribution is 0.368. The van der Waals surface area contributed by atoms with Gasteiger partial charge in [-0.25, -0.2) is 0 Å². The van der Waals surface area contributed by atoms with Crippen molar-refractivity contribution < 1.29 is 32.8 Å². The molecular formula is C12H16N2O7S. The maximum Gasteiger partial charge on any atom is 0.394 e. The van der Waals surface area contributed by atoms with Crippen LogP contribution in [0.15, 0.2) is 42.5 Å². The van der Waals surface area contributed by atoms with Crippen LogP contribution < -0.4 is 11.5 Å². The van der Waals surface area contributed by atoms with E-state index in [9.17, 15) is 0 Å². The third kappa shape index (κ3) is 10.1. The van der Waals surface area contributed by atoms with Crippen LogP contribution in [-0.4, -0.2) is 32.8 Å². The van der Waals surface area contributed by atoms with Crippen molar-refractivity contribution in [3.63, 3.8) is 0 Å². The van der Waals surface area contributed by atoms with Crippen molar-refractivity contribution in [2.45, 2.75) is 0 Å². The summed E-state index contributed by atoms with van der Waals surface area (Å²) in [6.07, 6.45) is 0. The first-order chi connectivity index (χ1) is 10.0. The van der Waals surface area contributed by atoms with Crippen molar-refractivity contribution in [2.75, 3.05) is 11.5 Å². The number of phenols is 3. The lowest BCUT2D eigenvalue weighted by atomic mass is 10.3. The van der Waals surface area contributed by atoms with E-state index in [0.717, 1.165) is 11.4 Å². The second-order valence-electron chi connectivity index (χ2n) is 3.76. The Morgan fingerprint density at radius 2 is 1.00 bits per heavy atom. The predicted molar refractivity (Wildman–Crippen MR) is 80.9 cm³/mol. The van der Waals surface area contributed by atoms with Gasteiger partial charge in [-0.05, 0) is 36.4 Å². The first kappa shape index (κ1) is 19.3. The Hall–Kier alpha value is -2.69. The topological polar surface area (TPSA) is 187 Å². The first-order valence-corrected chi connectivity index (χ1v) is 6.91. The minimum absolute atomic E-state index is 0.310. The monoisotopic (exact) mass is 332 g/mol. The molecule has 0 fully saturated rings. The van der Waals surface area contributed by atoms with Crippen molar-refractivity contribution in [1.82, 2.24) is 0 Å². The highest BCUT2D eigenvalue weighted by atomic mass is 32.3. The van der Waals surface area contributed by atoms with E-state index in [1.54, 1.807) is 24.3 Å². The largest absolute Gasteiger partial charge is 0.504 e. The number of hydrogen-bond acceptors (Lipinski definition) is 7. The van der Waals surface area contributed by atoms with Gasteiger partial charge in [-0.3, -0.25) is 9.11 Å². The van der Waals surface area contributed by atoms with Gasteiger partial charge >= 0.3 is 10.4 Å². The van der Waals surface area contributed by atoms with E-state index in [1.165, 1.54) is 18.2 Å². The normalized spacial score (nSPS) is 9.73. The molecule has 2 aromatic rings. The lowest BCUT2D eigenvalue weighted by Gasteiger charge is -1.96. The molecule has 0 amide bonds. The summed E-state index contributed by atoms with van der Waals surface area (Å²) < 4.78 is 31.6. The Labute approximate surface area is 126 Å². The van der Waals surface area contributed by atoms with Gasteiger partial charge in [-0.1, -0.05) is 6.07 Å². The van der Waals surface area contributed by atoms with Crippen molar-refractivity contribution in [1.29, 1.82) is 0 Å². The Morgan fingerprint density at radius 3 is 1.23 bits per heavy atom. The molecule has 0 aliphatic rings. The average molecular weight is 332 g/mol. The van der Waals surface area contributed by atoms with E-state index < -0.39 is 16.1 Å². The molecule has 0 radical (unpaired) electrons. The molecular weight excluding hydrogens is 316 g/mol. The van der Waals surface area contributed by atoms with Gasteiger partial charge in [0.2, 0.25) is 0 Å². The van der Waals surface area contributed by atoms with Gasteiger partial charge in [-0.2, -0.15) is 8.42 Å². The summed E-state index contributed by atoms with van der Waals surface area (Å²) in [5, 5.41) is 26.1. The van der Waals surface area contributed by atoms with Crippen LogP contribution in [0.1, 0.15) is 0 Å². The molecule has 122 valence electrons. The van der Waals surface area contributed by atoms with E-state index in [0.29, 0.717) is 0 Å². The molecule has 0 spiro atoms. The van der Waals surface area contributed by atoms with Crippen LogP contribution >= 0.6 is 0 Å². The SMILES string of the molecule is Nc1ccc(N)cc1.O=S(=O)(O)O.Oc1cccc(O)c1O. The highest BCUT2D eigenvalue weighted by Crippen LogP contribution is 2.32. The highest BCUT2D eigenvalue weighted by Gasteiger charge is 2.00. The second-order valence-corrected chi connectivity index (χ2v) is 4.66. The number of nitrogen functional groups attached to an aromatic ring is 2. The molecule has 0 aliphatic heterocycles. The molecule has 0 unspecified atom stereocenters. The summed E-state index contributed by atoms with van der Waals surface area (Å²) in [6, 6.07) is 11.1. The Morgan fingerprint density at radius 1 is 0.727 bits per heavy atom. The van der Waals surface area contributed by atoms with Gasteiger partial charge < -0.3 is 26.8 Å². The molecule has 0 saturated carbocycles. The van der Waals surface area contributed by atoms with Crippen LogP contribution in [0.5, 0.6) is 17.2 Å². The highest BCUT2D eigenvalue weighted by molar-refractivity contribution is 7.79. The molecule has 0 bridgehead atoms. The zero-order chi connectivity index (χ0) is 17.3. The van der Waals surface area contributed by atoms with Crippen molar-refractivity contribution >= 4 is 21.8 Å². The van der Waals surface area contributed by atoms with Crippen LogP contribution in [0, 0.1) is 0 Å². The fraction of sp³-hybridized carbons (Fsp3) is 0. The van der Waals surface area contributed by atoms with Gasteiger partial charge in [0, 0.05) is 11.4 Å². The van der Waals surface area contributed by atoms with Gasteiger partial charge in [0.1, 0.15) is 0 Å². The van der Waals surface area contributed by atoms with E-state index >= 15 is 0 Å². The minimum Gasteiger partial charge on any atom is -0.504 e. The predicted octanol–water partition coefficient (Wildman–Crippen LogP) is 1.00. The molecule has 2 aromatic carbocycles. The third-order valence-electron chi connectivity index (χ3n) is 1.93. The minimum atomic E-state index is -4.67. The molecule has 9 nitrogen and oxygen atoms in total. The van der Waals surface area contributed by atoms with E-state index in [2.05, 4.69) is 0 Å². The van der Waals surface area contributed by atoms with Crippen LogP contribution in [0.2, 0.25) is 0 Å². The zero-order valence-electron chi connectivity index (χ0n) is 11.2. The second kappa shape index (κ2) is 8.56. The maximum atomic E-state index is 8.74. The summed E-state index contributed by atoms with van der Waals surface area (Å²) in [4.78, 5) is 0. The Balaban J connectivity index is 0.000000315. The molecule has 10 heteroatoms. The fourth-order valence-electron chi connectivity index (χ4n) is 1.02. The molecule has 0 atom stereocenters. The van der Waals surface area contributed by atoms with Gasteiger partial charge in [0.05, 0.1) is 0 Å². The lowest BCUT2D eigenvalue weighted by Crippen LogP contribution is -1.89. The number of nitrogens with two attached hydrogens (primary N) is 2. The number of hydrogen-bond donors (Lipinski definition) is 7. The zero-order valence-corrected chi connectivity index (χ0v) is 12.0. The summed E-state index contributed by atoms with van der Waals surface area (Å²) in [5.74, 6) is -1.09. The third-order valence-corrected chi connectivity index (χ3v) is 1.93. The smallest absolute Gasteiger partial charge is 0.394 e. The molecule has 22 heavy (non-hydrogen) atoms. The van der Waals surface area contributed by atoms with Crippen molar-refractivity contribution in [2.24, 2.45) is 0 Å². The number of aromatic hydroxyl groups is 3. The summed E-state index contributed by atoms with van der Waals surface area (Å²) in [5.41, 5.74) is 12.2.